The fraction of sp³-hybridized carbons (Fsp3) is 0.273. The molecule has 1 fully saturated rings. The lowest BCUT2D eigenvalue weighted by atomic mass is 9.66. The van der Waals surface area contributed by atoms with Gasteiger partial charge in [-0.15, -0.1) is 21.5 Å². The highest BCUT2D eigenvalue weighted by Gasteiger charge is 2.41. The van der Waals surface area contributed by atoms with Gasteiger partial charge in [0, 0.05) is 41.5 Å². The van der Waals surface area contributed by atoms with Gasteiger partial charge in [-0.2, -0.15) is 9.78 Å². The number of hydrogen-bond donors (Lipinski definition) is 2. The van der Waals surface area contributed by atoms with Gasteiger partial charge < -0.3 is 10.6 Å². The molecule has 2 N–H and O–H groups in total. The van der Waals surface area contributed by atoms with Crippen LogP contribution in [0, 0.1) is 11.9 Å². The zero-order valence-corrected chi connectivity index (χ0v) is 18.3. The van der Waals surface area contributed by atoms with Gasteiger partial charge in [0.15, 0.2) is 0 Å². The van der Waals surface area contributed by atoms with Crippen molar-refractivity contribution in [1.29, 1.82) is 0 Å². The fourth-order valence-electron chi connectivity index (χ4n) is 3.77. The number of carbonyl (C=O) groups is 1. The number of pyridine rings is 1. The molecule has 4 aromatic heterocycles. The van der Waals surface area contributed by atoms with Crippen LogP contribution in [-0.4, -0.2) is 42.5 Å². The Morgan fingerprint density at radius 3 is 2.85 bits per heavy atom. The number of hydrogen-bond acceptors (Lipinski definition) is 8. The first kappa shape index (κ1) is 21.1. The second kappa shape index (κ2) is 9.02. The van der Waals surface area contributed by atoms with Crippen LogP contribution in [0.5, 0.6) is 0 Å². The molecule has 167 valence electrons. The number of halogens is 1. The van der Waals surface area contributed by atoms with E-state index < -0.39 is 0 Å². The molecule has 1 amide bonds. The molecule has 1 aliphatic carbocycles. The monoisotopic (exact) mass is 463 g/mol. The Bertz CT molecular complexity index is 1240. The maximum Gasteiger partial charge on any atom is 0.342 e. The van der Waals surface area contributed by atoms with E-state index in [1.54, 1.807) is 18.5 Å². The van der Waals surface area contributed by atoms with Crippen molar-refractivity contribution in [3.05, 3.63) is 71.5 Å². The quantitative estimate of drug-likeness (QED) is 0.432. The van der Waals surface area contributed by atoms with Gasteiger partial charge in [-0.1, -0.05) is 6.42 Å². The van der Waals surface area contributed by atoms with Gasteiger partial charge in [0.05, 0.1) is 18.4 Å². The Hall–Kier alpha value is -3.73. The summed E-state index contributed by atoms with van der Waals surface area (Å²) in [6.07, 6.45) is 9.03. The molecule has 0 saturated heterocycles. The van der Waals surface area contributed by atoms with E-state index in [2.05, 4.69) is 42.0 Å². The molecule has 0 spiro atoms. The minimum atomic E-state index is -0.337. The summed E-state index contributed by atoms with van der Waals surface area (Å²) >= 11 is 1.42. The summed E-state index contributed by atoms with van der Waals surface area (Å²) in [5.41, 5.74) is 0.842. The summed E-state index contributed by atoms with van der Waals surface area (Å²) in [4.78, 5) is 21.5. The number of carbonyl (C=O) groups excluding carboxylic acids is 1. The lowest BCUT2D eigenvalue weighted by Crippen LogP contribution is -2.42. The van der Waals surface area contributed by atoms with Crippen LogP contribution in [0.1, 0.15) is 29.8 Å². The Balaban J connectivity index is 1.20. The summed E-state index contributed by atoms with van der Waals surface area (Å²) < 4.78 is 15.5. The number of anilines is 1. The standard InChI is InChI=1S/C22H20FN8OS/c23-16-4-1-9-24-19(16)22(7-2-8-22)14-27-18-6-5-17(29-30-18)20-25-12-15(33-20)13-26-21(32)31-11-3-10-28-31/h1,4-6,9-12H,2,7-8,13-14H2,(H,26,32)(H,27,30). The zero-order chi connectivity index (χ0) is 22.7. The molecular weight excluding hydrogens is 443 g/mol. The van der Waals surface area contributed by atoms with Gasteiger partial charge in [-0.3, -0.25) is 4.98 Å². The van der Waals surface area contributed by atoms with E-state index >= 15 is 0 Å². The van der Waals surface area contributed by atoms with E-state index in [0.717, 1.165) is 24.1 Å². The molecule has 0 bridgehead atoms. The molecule has 5 rings (SSSR count). The highest BCUT2D eigenvalue weighted by molar-refractivity contribution is 7.15. The van der Waals surface area contributed by atoms with Crippen molar-refractivity contribution in [3.8, 4) is 10.7 Å². The first-order valence-corrected chi connectivity index (χ1v) is 11.3. The molecule has 1 aliphatic rings. The third kappa shape index (κ3) is 4.44. The predicted octanol–water partition coefficient (Wildman–Crippen LogP) is 3.42. The van der Waals surface area contributed by atoms with E-state index in [9.17, 15) is 9.18 Å². The van der Waals surface area contributed by atoms with Crippen LogP contribution >= 0.6 is 11.3 Å². The molecule has 0 aliphatic heterocycles. The van der Waals surface area contributed by atoms with Crippen LogP contribution < -0.4 is 10.6 Å². The number of nitrogens with zero attached hydrogens (tertiary/aromatic N) is 6. The van der Waals surface area contributed by atoms with Crippen molar-refractivity contribution >= 4 is 23.2 Å². The van der Waals surface area contributed by atoms with E-state index in [-0.39, 0.29) is 17.3 Å². The topological polar surface area (TPSA) is 111 Å². The highest BCUT2D eigenvalue weighted by atomic mass is 32.1. The van der Waals surface area contributed by atoms with Gasteiger partial charge in [-0.25, -0.2) is 14.2 Å². The Kier molecular flexibility index (Phi) is 5.78. The Morgan fingerprint density at radius 1 is 1.24 bits per heavy atom. The van der Waals surface area contributed by atoms with Crippen LogP contribution in [0.4, 0.5) is 15.0 Å². The third-order valence-electron chi connectivity index (χ3n) is 5.69. The molecule has 0 unspecified atom stereocenters. The van der Waals surface area contributed by atoms with Crippen LogP contribution in [0.2, 0.25) is 0 Å². The summed E-state index contributed by atoms with van der Waals surface area (Å²) in [5.74, 6) is 0.348. The lowest BCUT2D eigenvalue weighted by molar-refractivity contribution is 0.239. The molecule has 0 atom stereocenters. The number of nitrogens with one attached hydrogen (secondary N) is 2. The van der Waals surface area contributed by atoms with Gasteiger partial charge >= 0.3 is 6.03 Å². The molecule has 33 heavy (non-hydrogen) atoms. The first-order valence-electron chi connectivity index (χ1n) is 10.5. The van der Waals surface area contributed by atoms with Gasteiger partial charge in [0.2, 0.25) is 0 Å². The number of rotatable bonds is 7. The minimum Gasteiger partial charge on any atom is -0.368 e. The zero-order valence-electron chi connectivity index (χ0n) is 17.5. The smallest absolute Gasteiger partial charge is 0.342 e. The lowest BCUT2D eigenvalue weighted by Gasteiger charge is -2.41. The summed E-state index contributed by atoms with van der Waals surface area (Å²) in [6.45, 7) is 0.875. The second-order valence-corrected chi connectivity index (χ2v) is 8.92. The van der Waals surface area contributed by atoms with Gasteiger partial charge in [-0.05, 0) is 37.1 Å². The number of thiazole rings is 1. The largest absolute Gasteiger partial charge is 0.368 e. The van der Waals surface area contributed by atoms with Crippen LogP contribution in [-0.2, 0) is 12.0 Å². The van der Waals surface area contributed by atoms with Crippen LogP contribution in [0.3, 0.4) is 0 Å². The van der Waals surface area contributed by atoms with Gasteiger partial charge in [0.25, 0.3) is 0 Å². The maximum atomic E-state index is 14.3. The number of amides is 1. The highest BCUT2D eigenvalue weighted by Crippen LogP contribution is 2.43. The minimum absolute atomic E-state index is 0.265. The summed E-state index contributed by atoms with van der Waals surface area (Å²) in [5, 5.41) is 19.1. The van der Waals surface area contributed by atoms with E-state index in [4.69, 9.17) is 0 Å². The molecule has 9 nitrogen and oxygen atoms in total. The van der Waals surface area contributed by atoms with E-state index in [1.165, 1.54) is 34.5 Å². The maximum absolute atomic E-state index is 14.3. The average molecular weight is 464 g/mol. The predicted molar refractivity (Wildman–Crippen MR) is 120 cm³/mol. The van der Waals surface area contributed by atoms with Crippen molar-refractivity contribution in [2.24, 2.45) is 0 Å². The van der Waals surface area contributed by atoms with Crippen LogP contribution in [0.15, 0.2) is 49.1 Å². The number of aromatic nitrogens is 6. The van der Waals surface area contributed by atoms with Crippen molar-refractivity contribution in [2.45, 2.75) is 31.2 Å². The van der Waals surface area contributed by atoms with Crippen molar-refractivity contribution in [1.82, 2.24) is 35.3 Å². The molecule has 0 aromatic carbocycles. The Morgan fingerprint density at radius 2 is 2.15 bits per heavy atom. The van der Waals surface area contributed by atoms with Crippen molar-refractivity contribution < 1.29 is 9.18 Å². The second-order valence-electron chi connectivity index (χ2n) is 7.80. The molecule has 1 radical (unpaired) electrons. The Labute approximate surface area is 193 Å². The molecule has 11 heteroatoms. The third-order valence-corrected chi connectivity index (χ3v) is 6.71. The molecule has 1 saturated carbocycles. The fourth-order valence-corrected chi connectivity index (χ4v) is 4.59. The average Bonchev–Trinajstić information content (AvgIpc) is 3.51. The van der Waals surface area contributed by atoms with E-state index in [0.29, 0.717) is 35.3 Å². The molecular formula is C22H20FN8OS. The molecule has 4 heterocycles. The van der Waals surface area contributed by atoms with Crippen molar-refractivity contribution in [2.75, 3.05) is 11.9 Å². The molecule has 4 aromatic rings. The summed E-state index contributed by atoms with van der Waals surface area (Å²) in [6, 6.07) is 9.12. The van der Waals surface area contributed by atoms with Gasteiger partial charge in [0.1, 0.15) is 22.3 Å². The normalized spacial score (nSPS) is 14.5. The van der Waals surface area contributed by atoms with Crippen LogP contribution in [0.25, 0.3) is 10.7 Å². The first-order chi connectivity index (χ1) is 16.1. The SMILES string of the molecule is O=C(NCc1cnc(-c2ccc(NCC3(c4ncccc4F)CCC3)nn2)s1)n1c[c]cn1. The van der Waals surface area contributed by atoms with Crippen molar-refractivity contribution in [3.63, 3.8) is 0 Å². The van der Waals surface area contributed by atoms with E-state index in [1.807, 2.05) is 12.1 Å². The summed E-state index contributed by atoms with van der Waals surface area (Å²) in [7, 11) is 0.